The summed E-state index contributed by atoms with van der Waals surface area (Å²) in [5, 5.41) is 0.789. The minimum absolute atomic E-state index is 0.394. The topological polar surface area (TPSA) is 35.0 Å². The lowest BCUT2D eigenvalue weighted by Gasteiger charge is -2.30. The molecule has 0 amide bonds. The quantitative estimate of drug-likeness (QED) is 0.758. The van der Waals surface area contributed by atoms with Gasteiger partial charge in [-0.25, -0.2) is 9.97 Å². The lowest BCUT2D eigenvalue weighted by Crippen LogP contribution is -2.31. The van der Waals surface area contributed by atoms with E-state index in [1.54, 1.807) is 6.92 Å². The van der Waals surface area contributed by atoms with Crippen LogP contribution in [0.3, 0.4) is 0 Å². The summed E-state index contributed by atoms with van der Waals surface area (Å²) in [6.07, 6.45) is 1.57. The van der Waals surface area contributed by atoms with Gasteiger partial charge in [0.2, 0.25) is 0 Å². The standard InChI is InChI=1S/C12H18Cl2N2O/c1-5-12(6-2,17-7-3)11-15-9(13)8(4)10(14)16-11/h5-7H2,1-4H3. The van der Waals surface area contributed by atoms with Gasteiger partial charge in [-0.2, -0.15) is 0 Å². The van der Waals surface area contributed by atoms with Crippen LogP contribution in [0.5, 0.6) is 0 Å². The molecule has 3 nitrogen and oxygen atoms in total. The van der Waals surface area contributed by atoms with Gasteiger partial charge in [-0.1, -0.05) is 37.0 Å². The van der Waals surface area contributed by atoms with Crippen molar-refractivity contribution in [2.45, 2.75) is 46.1 Å². The van der Waals surface area contributed by atoms with Crippen LogP contribution in [0.2, 0.25) is 10.3 Å². The zero-order chi connectivity index (χ0) is 13.1. The number of rotatable bonds is 5. The molecule has 0 saturated carbocycles. The Bertz CT molecular complexity index is 369. The highest BCUT2D eigenvalue weighted by Crippen LogP contribution is 2.33. The Kier molecular flexibility index (Phi) is 5.17. The third-order valence-corrected chi connectivity index (χ3v) is 3.73. The Morgan fingerprint density at radius 1 is 1.06 bits per heavy atom. The van der Waals surface area contributed by atoms with Crippen molar-refractivity contribution < 1.29 is 4.74 Å². The first-order valence-electron chi connectivity index (χ1n) is 5.84. The summed E-state index contributed by atoms with van der Waals surface area (Å²) in [7, 11) is 0. The van der Waals surface area contributed by atoms with E-state index in [4.69, 9.17) is 27.9 Å². The van der Waals surface area contributed by atoms with E-state index in [0.29, 0.717) is 28.3 Å². The van der Waals surface area contributed by atoms with Crippen molar-refractivity contribution in [3.8, 4) is 0 Å². The number of hydrogen-bond acceptors (Lipinski definition) is 3. The normalized spacial score (nSPS) is 11.9. The molecule has 5 heteroatoms. The van der Waals surface area contributed by atoms with E-state index in [1.807, 2.05) is 20.8 Å². The van der Waals surface area contributed by atoms with Crippen LogP contribution in [-0.2, 0) is 10.3 Å². The molecule has 0 saturated heterocycles. The van der Waals surface area contributed by atoms with Crippen LogP contribution in [0.4, 0.5) is 0 Å². The molecule has 0 aliphatic carbocycles. The monoisotopic (exact) mass is 276 g/mol. The number of nitrogens with zero attached hydrogens (tertiary/aromatic N) is 2. The van der Waals surface area contributed by atoms with E-state index in [-0.39, 0.29) is 0 Å². The summed E-state index contributed by atoms with van der Waals surface area (Å²) in [6.45, 7) is 8.45. The molecule has 96 valence electrons. The molecule has 1 heterocycles. The van der Waals surface area contributed by atoms with Crippen molar-refractivity contribution >= 4 is 23.2 Å². The second kappa shape index (κ2) is 5.98. The highest BCUT2D eigenvalue weighted by Gasteiger charge is 2.33. The summed E-state index contributed by atoms with van der Waals surface area (Å²) >= 11 is 12.1. The number of hydrogen-bond donors (Lipinski definition) is 0. The summed E-state index contributed by atoms with van der Waals surface area (Å²) in [5.74, 6) is 0.574. The Balaban J connectivity index is 3.28. The van der Waals surface area contributed by atoms with E-state index in [9.17, 15) is 0 Å². The van der Waals surface area contributed by atoms with Crippen LogP contribution < -0.4 is 0 Å². The summed E-state index contributed by atoms with van der Waals surface area (Å²) in [4.78, 5) is 8.62. The molecule has 0 N–H and O–H groups in total. The second-order valence-corrected chi connectivity index (χ2v) is 4.60. The van der Waals surface area contributed by atoms with Crippen molar-refractivity contribution in [2.24, 2.45) is 0 Å². The molecule has 0 spiro atoms. The third kappa shape index (κ3) is 2.90. The van der Waals surface area contributed by atoms with Crippen molar-refractivity contribution in [2.75, 3.05) is 6.61 Å². The van der Waals surface area contributed by atoms with Crippen molar-refractivity contribution in [1.29, 1.82) is 0 Å². The molecule has 1 aromatic heterocycles. The predicted octanol–water partition coefficient (Wildman–Crippen LogP) is 4.14. The van der Waals surface area contributed by atoms with E-state index in [2.05, 4.69) is 9.97 Å². The SMILES string of the molecule is CCOC(CC)(CC)c1nc(Cl)c(C)c(Cl)n1. The van der Waals surface area contributed by atoms with Crippen molar-refractivity contribution in [3.63, 3.8) is 0 Å². The van der Waals surface area contributed by atoms with E-state index < -0.39 is 5.60 Å². The first-order valence-corrected chi connectivity index (χ1v) is 6.60. The number of ether oxygens (including phenoxy) is 1. The van der Waals surface area contributed by atoms with Gasteiger partial charge in [0.25, 0.3) is 0 Å². The first kappa shape index (κ1) is 14.7. The van der Waals surface area contributed by atoms with Gasteiger partial charge in [0, 0.05) is 12.2 Å². The zero-order valence-electron chi connectivity index (χ0n) is 10.7. The van der Waals surface area contributed by atoms with Crippen LogP contribution in [0.25, 0.3) is 0 Å². The van der Waals surface area contributed by atoms with Crippen LogP contribution >= 0.6 is 23.2 Å². The Morgan fingerprint density at radius 2 is 1.53 bits per heavy atom. The summed E-state index contributed by atoms with van der Waals surface area (Å²) in [5.41, 5.74) is 0.213. The van der Waals surface area contributed by atoms with Gasteiger partial charge in [-0.15, -0.1) is 0 Å². The van der Waals surface area contributed by atoms with Crippen LogP contribution in [0.15, 0.2) is 0 Å². The minimum atomic E-state index is -0.490. The Labute approximate surface area is 113 Å². The van der Waals surface area contributed by atoms with Crippen molar-refractivity contribution in [3.05, 3.63) is 21.7 Å². The largest absolute Gasteiger partial charge is 0.367 e. The predicted molar refractivity (Wildman–Crippen MR) is 70.7 cm³/mol. The fourth-order valence-electron chi connectivity index (χ4n) is 1.78. The minimum Gasteiger partial charge on any atom is -0.367 e. The van der Waals surface area contributed by atoms with Gasteiger partial charge in [-0.05, 0) is 26.7 Å². The van der Waals surface area contributed by atoms with Gasteiger partial charge in [0.05, 0.1) is 0 Å². The lowest BCUT2D eigenvalue weighted by atomic mass is 9.96. The van der Waals surface area contributed by atoms with E-state index >= 15 is 0 Å². The summed E-state index contributed by atoms with van der Waals surface area (Å²) < 4.78 is 5.82. The molecule has 0 aliphatic rings. The molecule has 0 fully saturated rings. The maximum Gasteiger partial charge on any atom is 0.163 e. The van der Waals surface area contributed by atoms with Gasteiger partial charge in [0.15, 0.2) is 5.82 Å². The van der Waals surface area contributed by atoms with Crippen LogP contribution in [0, 0.1) is 6.92 Å². The van der Waals surface area contributed by atoms with Gasteiger partial charge < -0.3 is 4.74 Å². The molecule has 0 unspecified atom stereocenters. The van der Waals surface area contributed by atoms with Crippen LogP contribution in [-0.4, -0.2) is 16.6 Å². The molecule has 0 aromatic carbocycles. The van der Waals surface area contributed by atoms with E-state index in [1.165, 1.54) is 0 Å². The first-order chi connectivity index (χ1) is 8.00. The molecule has 0 atom stereocenters. The molecule has 17 heavy (non-hydrogen) atoms. The molecular weight excluding hydrogens is 259 g/mol. The molecular formula is C12H18Cl2N2O. The highest BCUT2D eigenvalue weighted by atomic mass is 35.5. The molecule has 0 aliphatic heterocycles. The fraction of sp³-hybridized carbons (Fsp3) is 0.667. The molecule has 0 radical (unpaired) electrons. The van der Waals surface area contributed by atoms with Gasteiger partial charge in [-0.3, -0.25) is 0 Å². The maximum absolute atomic E-state index is 6.05. The maximum atomic E-state index is 6.05. The van der Waals surface area contributed by atoms with Gasteiger partial charge >= 0.3 is 0 Å². The Hall–Kier alpha value is -0.380. The average Bonchev–Trinajstić information content (AvgIpc) is 2.32. The van der Waals surface area contributed by atoms with Gasteiger partial charge in [0.1, 0.15) is 15.9 Å². The summed E-state index contributed by atoms with van der Waals surface area (Å²) in [6, 6.07) is 0. The zero-order valence-corrected chi connectivity index (χ0v) is 12.2. The second-order valence-electron chi connectivity index (χ2n) is 3.89. The fourth-order valence-corrected chi connectivity index (χ4v) is 2.17. The molecule has 1 aromatic rings. The highest BCUT2D eigenvalue weighted by molar-refractivity contribution is 6.34. The average molecular weight is 277 g/mol. The molecule has 1 rings (SSSR count). The smallest absolute Gasteiger partial charge is 0.163 e. The number of halogens is 2. The number of aromatic nitrogens is 2. The van der Waals surface area contributed by atoms with Crippen molar-refractivity contribution in [1.82, 2.24) is 9.97 Å². The van der Waals surface area contributed by atoms with E-state index in [0.717, 1.165) is 12.8 Å². The third-order valence-electron chi connectivity index (χ3n) is 3.00. The molecule has 0 bridgehead atoms. The lowest BCUT2D eigenvalue weighted by molar-refractivity contribution is -0.0571. The van der Waals surface area contributed by atoms with Crippen LogP contribution in [0.1, 0.15) is 45.0 Å². The Morgan fingerprint density at radius 3 is 1.88 bits per heavy atom.